The van der Waals surface area contributed by atoms with Gasteiger partial charge in [0.25, 0.3) is 0 Å². The highest BCUT2D eigenvalue weighted by molar-refractivity contribution is 6.34. The summed E-state index contributed by atoms with van der Waals surface area (Å²) in [7, 11) is 0. The molecule has 0 aliphatic carbocycles. The number of carbonyl (C=O) groups is 2. The summed E-state index contributed by atoms with van der Waals surface area (Å²) in [6.07, 6.45) is -4.64. The highest BCUT2D eigenvalue weighted by atomic mass is 19.4. The summed E-state index contributed by atoms with van der Waals surface area (Å²) in [5.74, 6) is -3.02. The zero-order valence-corrected chi connectivity index (χ0v) is 7.30. The van der Waals surface area contributed by atoms with Gasteiger partial charge in [-0.25, -0.2) is 5.06 Å². The summed E-state index contributed by atoms with van der Waals surface area (Å²) < 4.78 is 35.5. The first kappa shape index (κ1) is 12.7. The van der Waals surface area contributed by atoms with Gasteiger partial charge in [-0.05, 0) is 6.92 Å². The standard InChI is InChI=1S/C6H9F3N2O3/c1-2-14-11(3-6(7,8)9)5(13)4(10)12/h2-3H2,1H3,(H2,10,12). The van der Waals surface area contributed by atoms with Gasteiger partial charge in [0.15, 0.2) is 0 Å². The predicted octanol–water partition coefficient (Wildman–Crippen LogP) is -0.186. The number of nitrogens with two attached hydrogens (primary N) is 1. The van der Waals surface area contributed by atoms with Gasteiger partial charge in [0, 0.05) is 0 Å². The van der Waals surface area contributed by atoms with Crippen LogP contribution in [0.4, 0.5) is 13.2 Å². The fourth-order valence-corrected chi connectivity index (χ4v) is 0.618. The molecule has 8 heteroatoms. The molecule has 14 heavy (non-hydrogen) atoms. The Balaban J connectivity index is 4.44. The van der Waals surface area contributed by atoms with E-state index in [0.29, 0.717) is 0 Å². The van der Waals surface area contributed by atoms with E-state index in [-0.39, 0.29) is 11.7 Å². The Hall–Kier alpha value is -1.31. The van der Waals surface area contributed by atoms with E-state index >= 15 is 0 Å². The highest BCUT2D eigenvalue weighted by Crippen LogP contribution is 2.16. The van der Waals surface area contributed by atoms with Gasteiger partial charge in [0.1, 0.15) is 6.54 Å². The molecule has 2 amide bonds. The molecule has 0 fully saturated rings. The van der Waals surface area contributed by atoms with Crippen molar-refractivity contribution in [1.29, 1.82) is 0 Å². The molecule has 0 radical (unpaired) electrons. The van der Waals surface area contributed by atoms with Crippen LogP contribution in [0.15, 0.2) is 0 Å². The Morgan fingerprint density at radius 3 is 2.21 bits per heavy atom. The average molecular weight is 214 g/mol. The van der Waals surface area contributed by atoms with Crippen LogP contribution in [0.25, 0.3) is 0 Å². The summed E-state index contributed by atoms with van der Waals surface area (Å²) in [5.41, 5.74) is 4.51. The van der Waals surface area contributed by atoms with Gasteiger partial charge in [0.05, 0.1) is 6.61 Å². The van der Waals surface area contributed by atoms with Crippen molar-refractivity contribution in [2.24, 2.45) is 5.73 Å². The van der Waals surface area contributed by atoms with Gasteiger partial charge in [-0.3, -0.25) is 14.4 Å². The monoisotopic (exact) mass is 214 g/mol. The quantitative estimate of drug-likeness (QED) is 0.523. The fraction of sp³-hybridized carbons (Fsp3) is 0.667. The zero-order chi connectivity index (χ0) is 11.4. The number of hydrogen-bond donors (Lipinski definition) is 1. The number of primary amides is 1. The van der Waals surface area contributed by atoms with Crippen molar-refractivity contribution in [3.8, 4) is 0 Å². The van der Waals surface area contributed by atoms with Crippen LogP contribution >= 0.6 is 0 Å². The first-order chi connectivity index (χ1) is 6.28. The molecule has 0 atom stereocenters. The van der Waals surface area contributed by atoms with Gasteiger partial charge in [-0.2, -0.15) is 13.2 Å². The van der Waals surface area contributed by atoms with E-state index in [1.807, 2.05) is 0 Å². The molecule has 0 unspecified atom stereocenters. The minimum Gasteiger partial charge on any atom is -0.361 e. The summed E-state index contributed by atoms with van der Waals surface area (Å²) in [4.78, 5) is 25.3. The third-order valence-corrected chi connectivity index (χ3v) is 1.05. The topological polar surface area (TPSA) is 72.6 Å². The second-order valence-electron chi connectivity index (χ2n) is 2.24. The van der Waals surface area contributed by atoms with Crippen LogP contribution in [0.2, 0.25) is 0 Å². The van der Waals surface area contributed by atoms with E-state index in [4.69, 9.17) is 0 Å². The number of alkyl halides is 3. The van der Waals surface area contributed by atoms with Crippen LogP contribution in [0.1, 0.15) is 6.92 Å². The lowest BCUT2D eigenvalue weighted by atomic mass is 10.5. The Labute approximate surface area is 77.6 Å². The number of rotatable bonds is 3. The lowest BCUT2D eigenvalue weighted by Gasteiger charge is -2.20. The molecule has 0 saturated carbocycles. The van der Waals surface area contributed by atoms with Crippen LogP contribution in [0.5, 0.6) is 0 Å². The maximum absolute atomic E-state index is 11.8. The molecule has 0 spiro atoms. The molecule has 0 heterocycles. The SMILES string of the molecule is CCON(CC(F)(F)F)C(=O)C(N)=O. The lowest BCUT2D eigenvalue weighted by Crippen LogP contribution is -2.44. The van der Waals surface area contributed by atoms with Crippen LogP contribution in [0, 0.1) is 0 Å². The molecule has 0 bridgehead atoms. The van der Waals surface area contributed by atoms with E-state index < -0.39 is 24.5 Å². The van der Waals surface area contributed by atoms with Crippen molar-refractivity contribution >= 4 is 11.8 Å². The molecule has 0 aromatic heterocycles. The summed E-state index contributed by atoms with van der Waals surface area (Å²) in [5, 5.41) is -0.109. The third kappa shape index (κ3) is 4.65. The molecule has 0 aliphatic rings. The normalized spacial score (nSPS) is 11.1. The summed E-state index contributed by atoms with van der Waals surface area (Å²) >= 11 is 0. The van der Waals surface area contributed by atoms with Crippen LogP contribution in [0.3, 0.4) is 0 Å². The summed E-state index contributed by atoms with van der Waals surface area (Å²) in [6.45, 7) is -0.463. The maximum atomic E-state index is 11.8. The van der Waals surface area contributed by atoms with Gasteiger partial charge in [0.2, 0.25) is 0 Å². The molecule has 5 nitrogen and oxygen atoms in total. The summed E-state index contributed by atoms with van der Waals surface area (Å²) in [6, 6.07) is 0. The van der Waals surface area contributed by atoms with Crippen LogP contribution in [-0.2, 0) is 14.4 Å². The van der Waals surface area contributed by atoms with Crippen molar-refractivity contribution in [3.05, 3.63) is 0 Å². The molecule has 0 saturated heterocycles. The minimum absolute atomic E-state index is 0.109. The van der Waals surface area contributed by atoms with Crippen molar-refractivity contribution in [3.63, 3.8) is 0 Å². The number of hydrogen-bond acceptors (Lipinski definition) is 3. The van der Waals surface area contributed by atoms with Crippen molar-refractivity contribution in [2.45, 2.75) is 13.1 Å². The number of halogens is 3. The van der Waals surface area contributed by atoms with Crippen molar-refractivity contribution < 1.29 is 27.6 Å². The van der Waals surface area contributed by atoms with Crippen molar-refractivity contribution in [2.75, 3.05) is 13.2 Å². The van der Waals surface area contributed by atoms with E-state index in [9.17, 15) is 22.8 Å². The Bertz CT molecular complexity index is 229. The van der Waals surface area contributed by atoms with Gasteiger partial charge < -0.3 is 5.73 Å². The molecule has 82 valence electrons. The molecular weight excluding hydrogens is 205 g/mol. The highest BCUT2D eigenvalue weighted by Gasteiger charge is 2.35. The third-order valence-electron chi connectivity index (χ3n) is 1.05. The van der Waals surface area contributed by atoms with Gasteiger partial charge in [-0.15, -0.1) is 0 Å². The Morgan fingerprint density at radius 1 is 1.43 bits per heavy atom. The Kier molecular flexibility index (Phi) is 4.35. The largest absolute Gasteiger partial charge is 0.408 e. The lowest BCUT2D eigenvalue weighted by molar-refractivity contribution is -0.230. The van der Waals surface area contributed by atoms with E-state index in [2.05, 4.69) is 10.6 Å². The predicted molar refractivity (Wildman–Crippen MR) is 38.6 cm³/mol. The van der Waals surface area contributed by atoms with E-state index in [1.54, 1.807) is 0 Å². The van der Waals surface area contributed by atoms with E-state index in [0.717, 1.165) is 0 Å². The number of nitrogens with zero attached hydrogens (tertiary/aromatic N) is 1. The molecular formula is C6H9F3N2O3. The Morgan fingerprint density at radius 2 is 1.93 bits per heavy atom. The van der Waals surface area contributed by atoms with Crippen LogP contribution < -0.4 is 5.73 Å². The molecule has 0 rings (SSSR count). The molecule has 0 aromatic rings. The number of carbonyl (C=O) groups excluding carboxylic acids is 2. The molecule has 2 N–H and O–H groups in total. The second-order valence-corrected chi connectivity index (χ2v) is 2.24. The second kappa shape index (κ2) is 4.80. The number of hydroxylamine groups is 2. The smallest absolute Gasteiger partial charge is 0.361 e. The van der Waals surface area contributed by atoms with E-state index in [1.165, 1.54) is 6.92 Å². The van der Waals surface area contributed by atoms with Gasteiger partial charge in [-0.1, -0.05) is 0 Å². The maximum Gasteiger partial charge on any atom is 0.408 e. The van der Waals surface area contributed by atoms with Crippen LogP contribution in [-0.4, -0.2) is 36.2 Å². The first-order valence-electron chi connectivity index (χ1n) is 3.59. The van der Waals surface area contributed by atoms with Crippen molar-refractivity contribution in [1.82, 2.24) is 5.06 Å². The molecule has 0 aliphatic heterocycles. The zero-order valence-electron chi connectivity index (χ0n) is 7.30. The average Bonchev–Trinajstić information content (AvgIpc) is 1.99. The fourth-order valence-electron chi connectivity index (χ4n) is 0.618. The van der Waals surface area contributed by atoms with Gasteiger partial charge >= 0.3 is 18.0 Å². The number of amides is 2. The minimum atomic E-state index is -4.64. The first-order valence-corrected chi connectivity index (χ1v) is 3.59. The molecule has 0 aromatic carbocycles.